The largest absolute Gasteiger partial charge is 0.340 e. The van der Waals surface area contributed by atoms with Gasteiger partial charge in [-0.15, -0.1) is 0 Å². The fourth-order valence-electron chi connectivity index (χ4n) is 0.704. The molecule has 0 unspecified atom stereocenters. The summed E-state index contributed by atoms with van der Waals surface area (Å²) < 4.78 is 1.15. The second-order valence-corrected chi connectivity index (χ2v) is 2.89. The van der Waals surface area contributed by atoms with E-state index in [0.717, 1.165) is 4.57 Å². The van der Waals surface area contributed by atoms with Crippen LogP contribution in [-0.4, -0.2) is 9.55 Å². The monoisotopic (exact) mass is 178 g/mol. The quantitative estimate of drug-likeness (QED) is 0.568. The molecule has 13 heavy (non-hydrogen) atoms. The second-order valence-electron chi connectivity index (χ2n) is 2.89. The molecule has 0 bridgehead atoms. The van der Waals surface area contributed by atoms with Gasteiger partial charge in [0.1, 0.15) is 0 Å². The first-order chi connectivity index (χ1) is 6.09. The van der Waals surface area contributed by atoms with Crippen LogP contribution >= 0.6 is 0 Å². The Morgan fingerprint density at radius 3 is 2.69 bits per heavy atom. The molecule has 4 heteroatoms. The maximum atomic E-state index is 11.1. The lowest BCUT2D eigenvalue weighted by molar-refractivity contribution is 0.855. The van der Waals surface area contributed by atoms with Gasteiger partial charge < -0.3 is 0 Å². The third-order valence-corrected chi connectivity index (χ3v) is 1.30. The number of aromatic nitrogens is 2. The summed E-state index contributed by atoms with van der Waals surface area (Å²) >= 11 is 0. The van der Waals surface area contributed by atoms with Gasteiger partial charge in [-0.05, 0) is 0 Å². The molecule has 0 atom stereocenters. The van der Waals surface area contributed by atoms with Crippen LogP contribution in [-0.2, 0) is 0 Å². The standard InChI is InChI=1S/C9H10N2O2/c1-7(2)3-5-11-6-4-8(12)10-9(11)13/h4,6-7H,1-2H3,(H,10,12,13). The molecule has 1 aromatic heterocycles. The second kappa shape index (κ2) is 3.76. The highest BCUT2D eigenvalue weighted by atomic mass is 16.2. The number of rotatable bonds is 0. The zero-order valence-corrected chi connectivity index (χ0v) is 7.50. The van der Waals surface area contributed by atoms with Crippen molar-refractivity contribution in [2.75, 3.05) is 0 Å². The fourth-order valence-corrected chi connectivity index (χ4v) is 0.704. The van der Waals surface area contributed by atoms with E-state index in [-0.39, 0.29) is 5.92 Å². The van der Waals surface area contributed by atoms with Gasteiger partial charge in [-0.2, -0.15) is 0 Å². The van der Waals surface area contributed by atoms with Gasteiger partial charge in [0, 0.05) is 24.2 Å². The van der Waals surface area contributed by atoms with Gasteiger partial charge >= 0.3 is 5.69 Å². The van der Waals surface area contributed by atoms with Crippen LogP contribution in [0.15, 0.2) is 21.9 Å². The Kier molecular flexibility index (Phi) is 2.70. The summed E-state index contributed by atoms with van der Waals surface area (Å²) in [6, 6.07) is 3.88. The Balaban J connectivity index is 3.13. The minimum absolute atomic E-state index is 0.193. The molecule has 1 N–H and O–H groups in total. The van der Waals surface area contributed by atoms with E-state index in [0.29, 0.717) is 0 Å². The zero-order valence-electron chi connectivity index (χ0n) is 7.50. The maximum absolute atomic E-state index is 11.1. The van der Waals surface area contributed by atoms with Gasteiger partial charge in [-0.25, -0.2) is 9.36 Å². The Bertz CT molecular complexity index is 457. The van der Waals surface area contributed by atoms with E-state index in [1.54, 1.807) is 0 Å². The van der Waals surface area contributed by atoms with Gasteiger partial charge in [0.15, 0.2) is 0 Å². The Labute approximate surface area is 75.2 Å². The van der Waals surface area contributed by atoms with Crippen molar-refractivity contribution in [3.8, 4) is 12.0 Å². The Morgan fingerprint density at radius 1 is 1.46 bits per heavy atom. The van der Waals surface area contributed by atoms with Crippen LogP contribution in [0.25, 0.3) is 0 Å². The highest BCUT2D eigenvalue weighted by molar-refractivity contribution is 5.05. The third-order valence-electron chi connectivity index (χ3n) is 1.30. The predicted octanol–water partition coefficient (Wildman–Crippen LogP) is 0.00160. The minimum Gasteiger partial charge on any atom is -0.273 e. The van der Waals surface area contributed by atoms with Crippen molar-refractivity contribution in [2.24, 2.45) is 5.92 Å². The molecule has 0 saturated carbocycles. The van der Waals surface area contributed by atoms with E-state index < -0.39 is 11.2 Å². The molecule has 0 aliphatic rings. The van der Waals surface area contributed by atoms with Crippen molar-refractivity contribution in [3.05, 3.63) is 33.1 Å². The summed E-state index contributed by atoms with van der Waals surface area (Å²) in [5.74, 6) is 3.01. The maximum Gasteiger partial charge on any atom is 0.340 e. The van der Waals surface area contributed by atoms with E-state index in [2.05, 4.69) is 16.9 Å². The SMILES string of the molecule is CC(C)C#Cn1ccc(=O)[nH]c1=O. The lowest BCUT2D eigenvalue weighted by atomic mass is 10.2. The summed E-state index contributed by atoms with van der Waals surface area (Å²) in [5, 5.41) is 0. The van der Waals surface area contributed by atoms with Crippen molar-refractivity contribution in [2.45, 2.75) is 13.8 Å². The summed E-state index contributed by atoms with van der Waals surface area (Å²) in [7, 11) is 0. The topological polar surface area (TPSA) is 54.9 Å². The van der Waals surface area contributed by atoms with E-state index in [1.165, 1.54) is 12.3 Å². The van der Waals surface area contributed by atoms with Crippen LogP contribution < -0.4 is 11.2 Å². The molecule has 1 rings (SSSR count). The van der Waals surface area contributed by atoms with Crippen molar-refractivity contribution in [1.29, 1.82) is 0 Å². The van der Waals surface area contributed by atoms with Gasteiger partial charge in [0.25, 0.3) is 5.56 Å². The van der Waals surface area contributed by atoms with Crippen LogP contribution in [0.2, 0.25) is 0 Å². The lowest BCUT2D eigenvalue weighted by Gasteiger charge is -1.92. The molecule has 1 aromatic rings. The predicted molar refractivity (Wildman–Crippen MR) is 49.3 cm³/mol. The van der Waals surface area contributed by atoms with E-state index in [4.69, 9.17) is 0 Å². The molecule has 0 aliphatic carbocycles. The Hall–Kier alpha value is -1.76. The number of nitrogens with one attached hydrogen (secondary N) is 1. The van der Waals surface area contributed by atoms with E-state index >= 15 is 0 Å². The minimum atomic E-state index is -0.499. The molecule has 0 fully saturated rings. The molecule has 0 aliphatic heterocycles. The number of hydrogen-bond acceptors (Lipinski definition) is 2. The number of H-pyrrole nitrogens is 1. The molecule has 0 spiro atoms. The average molecular weight is 178 g/mol. The number of hydrogen-bond donors (Lipinski definition) is 1. The van der Waals surface area contributed by atoms with Crippen LogP contribution in [0, 0.1) is 17.9 Å². The van der Waals surface area contributed by atoms with Crippen LogP contribution in [0.5, 0.6) is 0 Å². The fraction of sp³-hybridized carbons (Fsp3) is 0.333. The van der Waals surface area contributed by atoms with Gasteiger partial charge in [-0.1, -0.05) is 19.8 Å². The molecule has 0 radical (unpaired) electrons. The van der Waals surface area contributed by atoms with Crippen LogP contribution in [0.3, 0.4) is 0 Å². The molecule has 4 nitrogen and oxygen atoms in total. The summed E-state index contributed by atoms with van der Waals surface area (Å²) in [4.78, 5) is 23.8. The first-order valence-corrected chi connectivity index (χ1v) is 3.93. The summed E-state index contributed by atoms with van der Waals surface area (Å²) in [5.41, 5.74) is -0.909. The third kappa shape index (κ3) is 2.64. The highest BCUT2D eigenvalue weighted by Crippen LogP contribution is 1.84. The van der Waals surface area contributed by atoms with Crippen molar-refractivity contribution in [1.82, 2.24) is 9.55 Å². The van der Waals surface area contributed by atoms with Crippen molar-refractivity contribution < 1.29 is 0 Å². The van der Waals surface area contributed by atoms with Gasteiger partial charge in [-0.3, -0.25) is 9.78 Å². The van der Waals surface area contributed by atoms with Crippen LogP contribution in [0.4, 0.5) is 0 Å². The lowest BCUT2D eigenvalue weighted by Crippen LogP contribution is -2.26. The zero-order chi connectivity index (χ0) is 9.84. The smallest absolute Gasteiger partial charge is 0.273 e. The molecular weight excluding hydrogens is 168 g/mol. The molecule has 0 amide bonds. The summed E-state index contributed by atoms with van der Waals surface area (Å²) in [6.07, 6.45) is 1.36. The van der Waals surface area contributed by atoms with Crippen molar-refractivity contribution in [3.63, 3.8) is 0 Å². The average Bonchev–Trinajstić information content (AvgIpc) is 2.02. The van der Waals surface area contributed by atoms with Gasteiger partial charge in [0.05, 0.1) is 0 Å². The highest BCUT2D eigenvalue weighted by Gasteiger charge is 1.90. The first-order valence-electron chi connectivity index (χ1n) is 3.93. The van der Waals surface area contributed by atoms with Gasteiger partial charge in [0.2, 0.25) is 0 Å². The molecular formula is C9H10N2O2. The molecule has 0 saturated heterocycles. The summed E-state index contributed by atoms with van der Waals surface area (Å²) in [6.45, 7) is 3.84. The molecule has 0 aromatic carbocycles. The van der Waals surface area contributed by atoms with Crippen LogP contribution in [0.1, 0.15) is 13.8 Å². The first kappa shape index (κ1) is 9.33. The normalized spacial score (nSPS) is 9.46. The van der Waals surface area contributed by atoms with E-state index in [9.17, 15) is 9.59 Å². The number of nitrogens with zero attached hydrogens (tertiary/aromatic N) is 1. The van der Waals surface area contributed by atoms with Crippen molar-refractivity contribution >= 4 is 0 Å². The molecule has 1 heterocycles. The van der Waals surface area contributed by atoms with E-state index in [1.807, 2.05) is 13.8 Å². The molecule has 68 valence electrons. The Morgan fingerprint density at radius 2 is 2.15 bits per heavy atom. The number of aromatic amines is 1.